The number of aryl methyl sites for hydroxylation is 1. The molecule has 0 aliphatic carbocycles. The Bertz CT molecular complexity index is 937. The molecule has 126 valence electrons. The zero-order valence-electron chi connectivity index (χ0n) is 14.8. The van der Waals surface area contributed by atoms with Gasteiger partial charge in [-0.1, -0.05) is 84.9 Å². The molecule has 0 spiro atoms. The highest BCUT2D eigenvalue weighted by molar-refractivity contribution is 5.89. The number of rotatable bonds is 4. The average molecular weight is 335 g/mol. The monoisotopic (exact) mass is 335 g/mol. The van der Waals surface area contributed by atoms with Crippen molar-refractivity contribution in [3.63, 3.8) is 0 Å². The van der Waals surface area contributed by atoms with Crippen LogP contribution in [0, 0.1) is 6.92 Å². The van der Waals surface area contributed by atoms with E-state index in [1.165, 1.54) is 22.4 Å². The first-order chi connectivity index (χ1) is 12.8. The third kappa shape index (κ3) is 3.12. The van der Waals surface area contributed by atoms with Gasteiger partial charge in [-0.2, -0.15) is 0 Å². The first-order valence-corrected chi connectivity index (χ1v) is 8.90. The van der Waals surface area contributed by atoms with Gasteiger partial charge < -0.3 is 4.90 Å². The summed E-state index contributed by atoms with van der Waals surface area (Å²) in [6.07, 6.45) is 0. The van der Waals surface area contributed by atoms with Gasteiger partial charge in [0.2, 0.25) is 0 Å². The first kappa shape index (κ1) is 16.2. The first-order valence-electron chi connectivity index (χ1n) is 8.90. The molecule has 0 atom stereocenters. The quantitative estimate of drug-likeness (QED) is 0.383. The molecule has 0 aromatic heterocycles. The summed E-state index contributed by atoms with van der Waals surface area (Å²) >= 11 is 0. The van der Waals surface area contributed by atoms with E-state index >= 15 is 0 Å². The van der Waals surface area contributed by atoms with E-state index in [1.807, 2.05) is 0 Å². The Morgan fingerprint density at radius 2 is 1.00 bits per heavy atom. The summed E-state index contributed by atoms with van der Waals surface area (Å²) in [7, 11) is 0. The fourth-order valence-electron chi connectivity index (χ4n) is 3.37. The van der Waals surface area contributed by atoms with E-state index in [1.54, 1.807) is 0 Å². The second-order valence-electron chi connectivity index (χ2n) is 6.34. The summed E-state index contributed by atoms with van der Waals surface area (Å²) in [6, 6.07) is 38.2. The molecule has 0 radical (unpaired) electrons. The van der Waals surface area contributed by atoms with E-state index < -0.39 is 0 Å². The molecule has 1 nitrogen and oxygen atoms in total. The van der Waals surface area contributed by atoms with Gasteiger partial charge in [-0.05, 0) is 42.3 Å². The smallest absolute Gasteiger partial charge is 0.0569 e. The van der Waals surface area contributed by atoms with E-state index in [2.05, 4.69) is 121 Å². The Morgan fingerprint density at radius 1 is 0.500 bits per heavy atom. The molecule has 0 fully saturated rings. The minimum atomic E-state index is 1.16. The number of nitrogens with zero attached hydrogens (tertiary/aromatic N) is 1. The molecule has 0 heterocycles. The van der Waals surface area contributed by atoms with Crippen molar-refractivity contribution in [1.82, 2.24) is 0 Å². The third-order valence-corrected chi connectivity index (χ3v) is 4.57. The van der Waals surface area contributed by atoms with Crippen LogP contribution in [0.4, 0.5) is 17.1 Å². The maximum atomic E-state index is 2.34. The zero-order chi connectivity index (χ0) is 17.8. The molecule has 26 heavy (non-hydrogen) atoms. The second-order valence-corrected chi connectivity index (χ2v) is 6.34. The SMILES string of the molecule is Cc1cccc(-c2ccccc2)c1N(c1ccccc1)c1ccccc1. The molecular formula is C25H21N. The molecule has 1 heteroatoms. The molecule has 0 aliphatic rings. The van der Waals surface area contributed by atoms with Crippen molar-refractivity contribution < 1.29 is 0 Å². The largest absolute Gasteiger partial charge is 0.310 e. The van der Waals surface area contributed by atoms with Crippen LogP contribution in [0.2, 0.25) is 0 Å². The van der Waals surface area contributed by atoms with Crippen LogP contribution in [-0.4, -0.2) is 0 Å². The van der Waals surface area contributed by atoms with Gasteiger partial charge in [0, 0.05) is 16.9 Å². The highest BCUT2D eigenvalue weighted by Gasteiger charge is 2.18. The van der Waals surface area contributed by atoms with Crippen molar-refractivity contribution >= 4 is 17.1 Å². The maximum absolute atomic E-state index is 2.34. The van der Waals surface area contributed by atoms with E-state index in [0.717, 1.165) is 11.4 Å². The lowest BCUT2D eigenvalue weighted by Crippen LogP contribution is -2.12. The van der Waals surface area contributed by atoms with Crippen molar-refractivity contribution in [3.8, 4) is 11.1 Å². The van der Waals surface area contributed by atoms with Crippen LogP contribution in [0.3, 0.4) is 0 Å². The van der Waals surface area contributed by atoms with Crippen LogP contribution in [0.25, 0.3) is 11.1 Å². The average Bonchev–Trinajstić information content (AvgIpc) is 2.72. The van der Waals surface area contributed by atoms with Crippen molar-refractivity contribution in [2.75, 3.05) is 4.90 Å². The van der Waals surface area contributed by atoms with Gasteiger partial charge in [-0.15, -0.1) is 0 Å². The van der Waals surface area contributed by atoms with Gasteiger partial charge in [-0.3, -0.25) is 0 Å². The summed E-state index contributed by atoms with van der Waals surface area (Å²) in [5.41, 5.74) is 7.24. The molecule has 0 amide bonds. The number of para-hydroxylation sites is 3. The molecule has 0 bridgehead atoms. The predicted octanol–water partition coefficient (Wildman–Crippen LogP) is 7.13. The fourth-order valence-corrected chi connectivity index (χ4v) is 3.37. The maximum Gasteiger partial charge on any atom is 0.0569 e. The summed E-state index contributed by atoms with van der Waals surface area (Å²) in [6.45, 7) is 2.18. The molecule has 0 saturated heterocycles. The standard InChI is InChI=1S/C25H21N/c1-20-12-11-19-24(21-13-5-2-6-14-21)25(20)26(22-15-7-3-8-16-22)23-17-9-4-10-18-23/h2-19H,1H3. The van der Waals surface area contributed by atoms with Crippen LogP contribution in [0.15, 0.2) is 109 Å². The van der Waals surface area contributed by atoms with Crippen molar-refractivity contribution in [3.05, 3.63) is 115 Å². The topological polar surface area (TPSA) is 3.24 Å². The summed E-state index contributed by atoms with van der Waals surface area (Å²) in [4.78, 5) is 2.34. The molecule has 4 rings (SSSR count). The number of hydrogen-bond acceptors (Lipinski definition) is 1. The Hall–Kier alpha value is -3.32. The van der Waals surface area contributed by atoms with Crippen LogP contribution in [0.5, 0.6) is 0 Å². The van der Waals surface area contributed by atoms with Gasteiger partial charge in [0.25, 0.3) is 0 Å². The summed E-state index contributed by atoms with van der Waals surface area (Å²) < 4.78 is 0. The Morgan fingerprint density at radius 3 is 1.54 bits per heavy atom. The van der Waals surface area contributed by atoms with Gasteiger partial charge in [0.15, 0.2) is 0 Å². The van der Waals surface area contributed by atoms with Crippen molar-refractivity contribution in [2.45, 2.75) is 6.92 Å². The molecule has 4 aromatic rings. The van der Waals surface area contributed by atoms with Gasteiger partial charge in [0.05, 0.1) is 5.69 Å². The van der Waals surface area contributed by atoms with Gasteiger partial charge in [0.1, 0.15) is 0 Å². The Labute approximate surface area is 155 Å². The van der Waals surface area contributed by atoms with Crippen molar-refractivity contribution in [1.29, 1.82) is 0 Å². The molecule has 4 aromatic carbocycles. The van der Waals surface area contributed by atoms with Crippen LogP contribution in [-0.2, 0) is 0 Å². The van der Waals surface area contributed by atoms with E-state index in [4.69, 9.17) is 0 Å². The number of benzene rings is 4. The fraction of sp³-hybridized carbons (Fsp3) is 0.0400. The Balaban J connectivity index is 1.98. The van der Waals surface area contributed by atoms with Gasteiger partial charge in [-0.25, -0.2) is 0 Å². The molecule has 0 aliphatic heterocycles. The van der Waals surface area contributed by atoms with E-state index in [0.29, 0.717) is 0 Å². The lowest BCUT2D eigenvalue weighted by atomic mass is 9.98. The lowest BCUT2D eigenvalue weighted by molar-refractivity contribution is 1.25. The molecule has 0 saturated carbocycles. The predicted molar refractivity (Wildman–Crippen MR) is 111 cm³/mol. The molecule has 0 unspecified atom stereocenters. The highest BCUT2D eigenvalue weighted by atomic mass is 15.1. The molecule has 0 N–H and O–H groups in total. The second kappa shape index (κ2) is 7.28. The minimum absolute atomic E-state index is 1.16. The number of hydrogen-bond donors (Lipinski definition) is 0. The van der Waals surface area contributed by atoms with Crippen LogP contribution in [0.1, 0.15) is 5.56 Å². The van der Waals surface area contributed by atoms with Crippen molar-refractivity contribution in [2.24, 2.45) is 0 Å². The number of anilines is 3. The van der Waals surface area contributed by atoms with Crippen LogP contribution >= 0.6 is 0 Å². The summed E-state index contributed by atoms with van der Waals surface area (Å²) in [5.74, 6) is 0. The van der Waals surface area contributed by atoms with E-state index in [9.17, 15) is 0 Å². The third-order valence-electron chi connectivity index (χ3n) is 4.57. The van der Waals surface area contributed by atoms with Crippen LogP contribution < -0.4 is 4.90 Å². The summed E-state index contributed by atoms with van der Waals surface area (Å²) in [5, 5.41) is 0. The minimum Gasteiger partial charge on any atom is -0.310 e. The van der Waals surface area contributed by atoms with E-state index in [-0.39, 0.29) is 0 Å². The lowest BCUT2D eigenvalue weighted by Gasteiger charge is -2.29. The Kier molecular flexibility index (Phi) is 4.53. The highest BCUT2D eigenvalue weighted by Crippen LogP contribution is 2.42. The normalized spacial score (nSPS) is 10.5. The zero-order valence-corrected chi connectivity index (χ0v) is 14.8. The van der Waals surface area contributed by atoms with Gasteiger partial charge >= 0.3 is 0 Å². The molecular weight excluding hydrogens is 314 g/mol.